The molecule has 1 heterocycles. The molecule has 142 valence electrons. The fraction of sp³-hybridized carbons (Fsp3) is 0.250. The minimum atomic E-state index is -3.74. The summed E-state index contributed by atoms with van der Waals surface area (Å²) in [6.45, 7) is 0.430. The second-order valence-electron chi connectivity index (χ2n) is 4.85. The molecule has 1 aromatic carbocycles. The summed E-state index contributed by atoms with van der Waals surface area (Å²) in [7, 11) is -3.74. The molecule has 0 bridgehead atoms. The van der Waals surface area contributed by atoms with Crippen LogP contribution in [-0.4, -0.2) is 42.9 Å². The van der Waals surface area contributed by atoms with Crippen molar-refractivity contribution in [3.05, 3.63) is 34.2 Å². The number of benzene rings is 1. The number of hydrogen-bond donors (Lipinski definition) is 5. The number of rotatable bonds is 8. The lowest BCUT2D eigenvalue weighted by Gasteiger charge is -2.06. The number of amidine groups is 1. The van der Waals surface area contributed by atoms with Gasteiger partial charge in [-0.1, -0.05) is 0 Å². The van der Waals surface area contributed by atoms with Crippen LogP contribution in [0.3, 0.4) is 0 Å². The highest BCUT2D eigenvalue weighted by molar-refractivity contribution is 9.10. The van der Waals surface area contributed by atoms with Crippen molar-refractivity contribution >= 4 is 43.5 Å². The van der Waals surface area contributed by atoms with Gasteiger partial charge in [-0.3, -0.25) is 10.7 Å². The van der Waals surface area contributed by atoms with E-state index in [0.29, 0.717) is 18.7 Å². The summed E-state index contributed by atoms with van der Waals surface area (Å²) in [5, 5.41) is 24.3. The Bertz CT molecular complexity index is 889. The van der Waals surface area contributed by atoms with Crippen LogP contribution >= 0.6 is 15.9 Å². The van der Waals surface area contributed by atoms with Gasteiger partial charge in [0.2, 0.25) is 5.82 Å². The molecule has 0 fully saturated rings. The monoisotopic (exact) mass is 451 g/mol. The standard InChI is InChI=1S/C12H15BrFN7O4S/c13-8-6-7(2-3-9(8)14)18-12(19-22)10-11(21-25-20-10)16-4-1-5-17-26(15,23)24/h2-3,6,17,22H,1,4-5H2,(H,16,21)(H,18,19)(H2,15,23,24). The highest BCUT2D eigenvalue weighted by Crippen LogP contribution is 2.23. The molecule has 0 atom stereocenters. The summed E-state index contributed by atoms with van der Waals surface area (Å²) < 4.78 is 41.7. The molecule has 0 amide bonds. The zero-order valence-electron chi connectivity index (χ0n) is 13.1. The first-order chi connectivity index (χ1) is 12.3. The van der Waals surface area contributed by atoms with E-state index < -0.39 is 16.0 Å². The molecule has 0 aliphatic carbocycles. The third-order valence-electron chi connectivity index (χ3n) is 2.91. The molecule has 0 aliphatic rings. The number of halogens is 2. The molecule has 0 saturated carbocycles. The first-order valence-electron chi connectivity index (χ1n) is 7.08. The van der Waals surface area contributed by atoms with Crippen LogP contribution in [0.5, 0.6) is 0 Å². The maximum atomic E-state index is 13.3. The fourth-order valence-electron chi connectivity index (χ4n) is 1.78. The van der Waals surface area contributed by atoms with Crippen molar-refractivity contribution in [2.24, 2.45) is 10.1 Å². The lowest BCUT2D eigenvalue weighted by Crippen LogP contribution is -2.32. The average Bonchev–Trinajstić information content (AvgIpc) is 3.03. The molecule has 0 radical (unpaired) electrons. The van der Waals surface area contributed by atoms with Crippen LogP contribution in [0, 0.1) is 5.82 Å². The van der Waals surface area contributed by atoms with E-state index in [9.17, 15) is 18.0 Å². The third kappa shape index (κ3) is 5.99. The lowest BCUT2D eigenvalue weighted by molar-refractivity contribution is 0.234. The van der Waals surface area contributed by atoms with E-state index in [2.05, 4.69) is 45.9 Å². The van der Waals surface area contributed by atoms with Crippen molar-refractivity contribution < 1.29 is 22.6 Å². The normalized spacial score (nSPS) is 12.2. The second kappa shape index (κ2) is 9.00. The number of nitrogens with zero attached hydrogens (tertiary/aromatic N) is 3. The second-order valence-corrected chi connectivity index (χ2v) is 7.08. The molecule has 26 heavy (non-hydrogen) atoms. The quantitative estimate of drug-likeness (QED) is 0.168. The van der Waals surface area contributed by atoms with Crippen molar-refractivity contribution in [3.8, 4) is 0 Å². The maximum Gasteiger partial charge on any atom is 0.274 e. The topological polar surface area (TPSA) is 168 Å². The molecule has 2 rings (SSSR count). The van der Waals surface area contributed by atoms with Gasteiger partial charge in [0.1, 0.15) is 5.82 Å². The third-order valence-corrected chi connectivity index (χ3v) is 4.13. The largest absolute Gasteiger partial charge is 0.365 e. The van der Waals surface area contributed by atoms with Crippen LogP contribution in [0.15, 0.2) is 32.3 Å². The zero-order chi connectivity index (χ0) is 19.2. The maximum absolute atomic E-state index is 13.3. The number of aliphatic imine (C=N–C) groups is 1. The minimum Gasteiger partial charge on any atom is -0.365 e. The van der Waals surface area contributed by atoms with Crippen molar-refractivity contribution in [3.63, 3.8) is 0 Å². The van der Waals surface area contributed by atoms with E-state index in [1.165, 1.54) is 18.2 Å². The summed E-state index contributed by atoms with van der Waals surface area (Å²) in [6, 6.07) is 4.01. The molecular weight excluding hydrogens is 437 g/mol. The van der Waals surface area contributed by atoms with Crippen molar-refractivity contribution in [1.29, 1.82) is 0 Å². The molecular formula is C12H15BrFN7O4S. The van der Waals surface area contributed by atoms with Crippen LogP contribution in [0.4, 0.5) is 15.9 Å². The van der Waals surface area contributed by atoms with Gasteiger partial charge in [0.15, 0.2) is 11.5 Å². The first kappa shape index (κ1) is 20.2. The van der Waals surface area contributed by atoms with Gasteiger partial charge < -0.3 is 5.32 Å². The Morgan fingerprint density at radius 2 is 2.15 bits per heavy atom. The van der Waals surface area contributed by atoms with Gasteiger partial charge in [-0.25, -0.2) is 23.9 Å². The Morgan fingerprint density at radius 3 is 2.81 bits per heavy atom. The van der Waals surface area contributed by atoms with Crippen molar-refractivity contribution in [2.45, 2.75) is 6.42 Å². The van der Waals surface area contributed by atoms with Gasteiger partial charge >= 0.3 is 0 Å². The number of anilines is 1. The predicted molar refractivity (Wildman–Crippen MR) is 93.7 cm³/mol. The van der Waals surface area contributed by atoms with E-state index in [0.717, 1.165) is 0 Å². The van der Waals surface area contributed by atoms with Gasteiger partial charge in [0.25, 0.3) is 10.2 Å². The minimum absolute atomic E-state index is 0.0763. The number of nitrogens with two attached hydrogens (primary N) is 1. The summed E-state index contributed by atoms with van der Waals surface area (Å²) >= 11 is 3.04. The van der Waals surface area contributed by atoms with Crippen LogP contribution < -0.4 is 20.7 Å². The smallest absolute Gasteiger partial charge is 0.274 e. The number of hydrogen-bond acceptors (Lipinski definition) is 8. The average molecular weight is 452 g/mol. The van der Waals surface area contributed by atoms with Crippen molar-refractivity contribution in [2.75, 3.05) is 18.4 Å². The van der Waals surface area contributed by atoms with Crippen LogP contribution in [0.25, 0.3) is 0 Å². The van der Waals surface area contributed by atoms with E-state index in [4.69, 9.17) is 5.14 Å². The van der Waals surface area contributed by atoms with Gasteiger partial charge in [-0.15, -0.1) is 0 Å². The Morgan fingerprint density at radius 1 is 1.38 bits per heavy atom. The molecule has 11 nitrogen and oxygen atoms in total. The predicted octanol–water partition coefficient (Wildman–Crippen LogP) is 0.623. The molecule has 0 spiro atoms. The number of hydroxylamine groups is 1. The molecule has 6 N–H and O–H groups in total. The van der Waals surface area contributed by atoms with Crippen LogP contribution in [-0.2, 0) is 10.2 Å². The Balaban J connectivity index is 2.06. The zero-order valence-corrected chi connectivity index (χ0v) is 15.5. The van der Waals surface area contributed by atoms with E-state index >= 15 is 0 Å². The van der Waals surface area contributed by atoms with Crippen LogP contribution in [0.1, 0.15) is 12.1 Å². The molecule has 0 unspecified atom stereocenters. The molecule has 14 heteroatoms. The van der Waals surface area contributed by atoms with Gasteiger partial charge in [0.05, 0.1) is 10.2 Å². The van der Waals surface area contributed by atoms with Crippen LogP contribution in [0.2, 0.25) is 0 Å². The fourth-order valence-corrected chi connectivity index (χ4v) is 2.58. The summed E-state index contributed by atoms with van der Waals surface area (Å²) in [6.07, 6.45) is 0.396. The Labute approximate surface area is 156 Å². The number of nitrogens with one attached hydrogen (secondary N) is 3. The molecule has 0 saturated heterocycles. The lowest BCUT2D eigenvalue weighted by atomic mass is 10.3. The molecule has 1 aromatic heterocycles. The van der Waals surface area contributed by atoms with Gasteiger partial charge in [-0.2, -0.15) is 8.42 Å². The van der Waals surface area contributed by atoms with Gasteiger partial charge in [0, 0.05) is 13.1 Å². The van der Waals surface area contributed by atoms with Gasteiger partial charge in [-0.05, 0) is 50.9 Å². The Kier molecular flexibility index (Phi) is 6.98. The van der Waals surface area contributed by atoms with E-state index in [-0.39, 0.29) is 28.4 Å². The summed E-state index contributed by atoms with van der Waals surface area (Å²) in [5.41, 5.74) is 2.29. The van der Waals surface area contributed by atoms with E-state index in [1.54, 1.807) is 0 Å². The summed E-state index contributed by atoms with van der Waals surface area (Å²) in [4.78, 5) is 4.11. The highest BCUT2D eigenvalue weighted by atomic mass is 79.9. The highest BCUT2D eigenvalue weighted by Gasteiger charge is 2.16. The first-order valence-corrected chi connectivity index (χ1v) is 9.42. The number of aromatic nitrogens is 2. The van der Waals surface area contributed by atoms with Crippen molar-refractivity contribution in [1.82, 2.24) is 20.5 Å². The summed E-state index contributed by atoms with van der Waals surface area (Å²) in [5.74, 6) is -0.377. The SMILES string of the molecule is NS(=O)(=O)NCCCNc1nonc1C(=Nc1ccc(F)c(Br)c1)NO. The van der Waals surface area contributed by atoms with E-state index in [1.807, 2.05) is 5.48 Å². The molecule has 2 aromatic rings. The Hall–Kier alpha value is -2.13. The molecule has 0 aliphatic heterocycles.